The summed E-state index contributed by atoms with van der Waals surface area (Å²) in [6.45, 7) is 2.20. The van der Waals surface area contributed by atoms with Crippen LogP contribution in [0.3, 0.4) is 0 Å². The normalized spacial score (nSPS) is 18.5. The minimum Gasteiger partial charge on any atom is -0.299 e. The van der Waals surface area contributed by atoms with Crippen molar-refractivity contribution in [3.8, 4) is 0 Å². The Morgan fingerprint density at radius 1 is 1.11 bits per heavy atom. The molecule has 0 radical (unpaired) electrons. The number of alkyl halides is 1. The van der Waals surface area contributed by atoms with Crippen molar-refractivity contribution >= 4 is 58.2 Å². The van der Waals surface area contributed by atoms with Crippen LogP contribution in [-0.4, -0.2) is 16.5 Å². The van der Waals surface area contributed by atoms with Crippen LogP contribution in [-0.2, 0) is 11.2 Å². The van der Waals surface area contributed by atoms with Gasteiger partial charge in [0.25, 0.3) is 5.91 Å². The van der Waals surface area contributed by atoms with Gasteiger partial charge in [-0.05, 0) is 66.5 Å². The third kappa shape index (κ3) is 4.93. The molecule has 0 bridgehead atoms. The molecule has 146 valence electrons. The van der Waals surface area contributed by atoms with Gasteiger partial charge in [0.15, 0.2) is 5.11 Å². The van der Waals surface area contributed by atoms with Crippen molar-refractivity contribution in [2.45, 2.75) is 38.1 Å². The highest BCUT2D eigenvalue weighted by atomic mass is 35.5. The first-order valence-corrected chi connectivity index (χ1v) is 10.6. The van der Waals surface area contributed by atoms with Gasteiger partial charge in [0.1, 0.15) is 5.50 Å². The van der Waals surface area contributed by atoms with Crippen molar-refractivity contribution in [2.75, 3.05) is 4.90 Å². The van der Waals surface area contributed by atoms with E-state index in [2.05, 4.69) is 24.4 Å². The fraction of sp³-hybridized carbons (Fsp3) is 0.273. The number of nitrogens with one attached hydrogen (secondary N) is 1. The lowest BCUT2D eigenvalue weighted by Gasteiger charge is -2.35. The van der Waals surface area contributed by atoms with Crippen LogP contribution in [0.15, 0.2) is 54.1 Å². The Balaban J connectivity index is 1.82. The molecular weight excluding hydrogens is 411 g/mol. The average molecular weight is 433 g/mol. The van der Waals surface area contributed by atoms with E-state index in [1.807, 2.05) is 30.3 Å². The van der Waals surface area contributed by atoms with Gasteiger partial charge in [0.05, 0.1) is 5.57 Å². The van der Waals surface area contributed by atoms with Crippen molar-refractivity contribution < 1.29 is 4.79 Å². The molecule has 1 N–H and O–H groups in total. The Morgan fingerprint density at radius 3 is 2.43 bits per heavy atom. The summed E-state index contributed by atoms with van der Waals surface area (Å²) < 4.78 is 0. The molecule has 0 spiro atoms. The number of rotatable bonds is 6. The van der Waals surface area contributed by atoms with E-state index in [-0.39, 0.29) is 11.0 Å². The number of aryl methyl sites for hydroxylation is 1. The number of anilines is 1. The number of thiocarbonyl (C=S) groups is 1. The Bertz CT molecular complexity index is 878. The van der Waals surface area contributed by atoms with Gasteiger partial charge in [-0.25, -0.2) is 0 Å². The molecule has 1 fully saturated rings. The number of halogens is 2. The predicted molar refractivity (Wildman–Crippen MR) is 122 cm³/mol. The van der Waals surface area contributed by atoms with Crippen molar-refractivity contribution in [1.29, 1.82) is 0 Å². The van der Waals surface area contributed by atoms with Crippen molar-refractivity contribution in [2.24, 2.45) is 0 Å². The molecular formula is C22H22Cl2N2OS. The van der Waals surface area contributed by atoms with Gasteiger partial charge in [-0.2, -0.15) is 0 Å². The molecule has 0 aromatic heterocycles. The van der Waals surface area contributed by atoms with Crippen LogP contribution in [0.25, 0.3) is 6.08 Å². The van der Waals surface area contributed by atoms with E-state index in [1.54, 1.807) is 17.0 Å². The summed E-state index contributed by atoms with van der Waals surface area (Å²) in [5.41, 5.74) is 2.75. The summed E-state index contributed by atoms with van der Waals surface area (Å²) >= 11 is 18.0. The number of amides is 1. The first kappa shape index (κ1) is 20.8. The fourth-order valence-electron chi connectivity index (χ4n) is 3.10. The molecule has 0 aliphatic carbocycles. The standard InChI is InChI=1S/C22H22Cl2N2OS/c1-2-3-4-5-15-6-8-16(9-7-15)14-19-20(24)26(22(28)25-21(19)27)18-12-10-17(23)11-13-18/h6-14,20H,2-5H2,1H3,(H,25,27,28)/b19-14+. The van der Waals surface area contributed by atoms with Crippen molar-refractivity contribution in [1.82, 2.24) is 5.32 Å². The third-order valence-electron chi connectivity index (χ3n) is 4.66. The number of hydrogen-bond acceptors (Lipinski definition) is 2. The number of hydrogen-bond donors (Lipinski definition) is 1. The van der Waals surface area contributed by atoms with E-state index < -0.39 is 5.50 Å². The zero-order valence-corrected chi connectivity index (χ0v) is 17.9. The van der Waals surface area contributed by atoms with E-state index in [0.717, 1.165) is 17.7 Å². The molecule has 2 aromatic carbocycles. The molecule has 0 saturated carbocycles. The molecule has 1 saturated heterocycles. The molecule has 1 aliphatic rings. The lowest BCUT2D eigenvalue weighted by atomic mass is 10.0. The van der Waals surface area contributed by atoms with E-state index >= 15 is 0 Å². The van der Waals surface area contributed by atoms with E-state index in [1.165, 1.54) is 24.8 Å². The van der Waals surface area contributed by atoms with Gasteiger partial charge >= 0.3 is 0 Å². The Kier molecular flexibility index (Phi) is 7.11. The molecule has 1 amide bonds. The average Bonchev–Trinajstić information content (AvgIpc) is 2.68. The van der Waals surface area contributed by atoms with Crippen LogP contribution in [0.4, 0.5) is 5.69 Å². The van der Waals surface area contributed by atoms with Gasteiger partial charge < -0.3 is 0 Å². The van der Waals surface area contributed by atoms with Crippen molar-refractivity contribution in [3.63, 3.8) is 0 Å². The van der Waals surface area contributed by atoms with Crippen molar-refractivity contribution in [3.05, 3.63) is 70.3 Å². The number of unbranched alkanes of at least 4 members (excludes halogenated alkanes) is 2. The van der Waals surface area contributed by atoms with E-state index in [9.17, 15) is 4.79 Å². The lowest BCUT2D eigenvalue weighted by Crippen LogP contribution is -2.54. The highest BCUT2D eigenvalue weighted by molar-refractivity contribution is 7.80. The smallest absolute Gasteiger partial charge is 0.256 e. The van der Waals surface area contributed by atoms with Crippen LogP contribution < -0.4 is 10.2 Å². The summed E-state index contributed by atoms with van der Waals surface area (Å²) in [6, 6.07) is 15.4. The maximum Gasteiger partial charge on any atom is 0.256 e. The topological polar surface area (TPSA) is 32.3 Å². The molecule has 6 heteroatoms. The van der Waals surface area contributed by atoms with E-state index in [4.69, 9.17) is 35.4 Å². The van der Waals surface area contributed by atoms with Gasteiger partial charge in [-0.1, -0.05) is 67.2 Å². The maximum absolute atomic E-state index is 12.5. The van der Waals surface area contributed by atoms with Crippen LogP contribution in [0.1, 0.15) is 37.3 Å². The minimum absolute atomic E-state index is 0.274. The molecule has 1 unspecified atom stereocenters. The van der Waals surface area contributed by atoms with Crippen LogP contribution >= 0.6 is 35.4 Å². The van der Waals surface area contributed by atoms with Crippen LogP contribution in [0.2, 0.25) is 5.02 Å². The molecule has 1 heterocycles. The first-order chi connectivity index (χ1) is 13.5. The maximum atomic E-state index is 12.5. The third-order valence-corrected chi connectivity index (χ3v) is 5.64. The van der Waals surface area contributed by atoms with Gasteiger partial charge in [-0.3, -0.25) is 15.0 Å². The second-order valence-corrected chi connectivity index (χ2v) is 7.98. The Labute approximate surface area is 181 Å². The molecule has 28 heavy (non-hydrogen) atoms. The summed E-state index contributed by atoms with van der Waals surface area (Å²) in [4.78, 5) is 14.2. The zero-order chi connectivity index (χ0) is 20.1. The summed E-state index contributed by atoms with van der Waals surface area (Å²) in [6.07, 6.45) is 6.52. The summed E-state index contributed by atoms with van der Waals surface area (Å²) in [5.74, 6) is -0.276. The second kappa shape index (κ2) is 9.55. The van der Waals surface area contributed by atoms with Gasteiger partial charge in [0, 0.05) is 10.7 Å². The van der Waals surface area contributed by atoms with Crippen LogP contribution in [0.5, 0.6) is 0 Å². The lowest BCUT2D eigenvalue weighted by molar-refractivity contribution is -0.116. The number of benzene rings is 2. The summed E-state index contributed by atoms with van der Waals surface area (Å²) in [7, 11) is 0. The number of carbonyl (C=O) groups excluding carboxylic acids is 1. The largest absolute Gasteiger partial charge is 0.299 e. The first-order valence-electron chi connectivity index (χ1n) is 9.34. The second-order valence-electron chi connectivity index (χ2n) is 6.74. The SMILES string of the molecule is CCCCCc1ccc(/C=C2/C(=O)NC(=S)N(c3ccc(Cl)cc3)C2Cl)cc1. The van der Waals surface area contributed by atoms with E-state index in [0.29, 0.717) is 10.6 Å². The van der Waals surface area contributed by atoms with Gasteiger partial charge in [-0.15, -0.1) is 0 Å². The van der Waals surface area contributed by atoms with Gasteiger partial charge in [0.2, 0.25) is 0 Å². The minimum atomic E-state index is -0.702. The van der Waals surface area contributed by atoms with Crippen LogP contribution in [0, 0.1) is 0 Å². The Morgan fingerprint density at radius 2 is 1.79 bits per heavy atom. The predicted octanol–water partition coefficient (Wildman–Crippen LogP) is 5.94. The molecule has 3 nitrogen and oxygen atoms in total. The molecule has 1 aliphatic heterocycles. The highest BCUT2D eigenvalue weighted by Crippen LogP contribution is 2.29. The summed E-state index contributed by atoms with van der Waals surface area (Å²) in [5, 5.41) is 3.62. The quantitative estimate of drug-likeness (QED) is 0.201. The molecule has 2 aromatic rings. The Hall–Kier alpha value is -1.88. The molecule has 3 rings (SSSR count). The number of carbonyl (C=O) groups is 1. The monoisotopic (exact) mass is 432 g/mol. The zero-order valence-electron chi connectivity index (χ0n) is 15.6. The number of nitrogens with zero attached hydrogens (tertiary/aromatic N) is 1. The molecule has 1 atom stereocenters. The fourth-order valence-corrected chi connectivity index (χ4v) is 3.96. The highest BCUT2D eigenvalue weighted by Gasteiger charge is 2.34.